The molecule has 4 rings (SSSR count). The molecule has 2 N–H and O–H groups in total. The fourth-order valence-electron chi connectivity index (χ4n) is 3.23. The number of phenols is 2. The van der Waals surface area contributed by atoms with Gasteiger partial charge in [-0.3, -0.25) is 0 Å². The van der Waals surface area contributed by atoms with Crippen LogP contribution in [0.3, 0.4) is 0 Å². The largest absolute Gasteiger partial charge is 0.508 e. The lowest BCUT2D eigenvalue weighted by atomic mass is 9.94. The van der Waals surface area contributed by atoms with E-state index in [1.807, 2.05) is 61.5 Å². The first-order chi connectivity index (χ1) is 12.6. The predicted molar refractivity (Wildman–Crippen MR) is 104 cm³/mol. The van der Waals surface area contributed by atoms with Gasteiger partial charge in [0.05, 0.1) is 0 Å². The first-order valence-corrected chi connectivity index (χ1v) is 8.40. The molecule has 0 spiro atoms. The molecule has 0 saturated carbocycles. The van der Waals surface area contributed by atoms with E-state index in [1.165, 1.54) is 0 Å². The quantitative estimate of drug-likeness (QED) is 0.479. The maximum Gasteiger partial charge on any atom is 0.143 e. The van der Waals surface area contributed by atoms with E-state index in [0.717, 1.165) is 33.2 Å². The molecule has 0 aliphatic heterocycles. The Kier molecular flexibility index (Phi) is 3.98. The molecule has 3 nitrogen and oxygen atoms in total. The standard InChI is InChI=1S/C23H18O3/c1-15-12-17-14-19(25)10-11-21(17)23(26-20-8-3-2-4-9-20)22(15)16-6-5-7-18(24)13-16/h2-14,24-25H,1H3. The van der Waals surface area contributed by atoms with Crippen LogP contribution >= 0.6 is 0 Å². The molecule has 0 aliphatic rings. The molecule has 4 aromatic carbocycles. The van der Waals surface area contributed by atoms with Gasteiger partial charge in [-0.25, -0.2) is 0 Å². The molecule has 0 aromatic heterocycles. The zero-order valence-corrected chi connectivity index (χ0v) is 14.3. The molecule has 0 heterocycles. The highest BCUT2D eigenvalue weighted by molar-refractivity contribution is 5.97. The van der Waals surface area contributed by atoms with Crippen molar-refractivity contribution in [1.82, 2.24) is 0 Å². The van der Waals surface area contributed by atoms with Gasteiger partial charge in [-0.05, 0) is 65.9 Å². The van der Waals surface area contributed by atoms with Crippen molar-refractivity contribution in [1.29, 1.82) is 0 Å². The number of phenolic OH excluding ortho intramolecular Hbond substituents is 2. The van der Waals surface area contributed by atoms with E-state index in [2.05, 4.69) is 0 Å². The fourth-order valence-corrected chi connectivity index (χ4v) is 3.23. The predicted octanol–water partition coefficient (Wildman–Crippen LogP) is 6.02. The molecule has 0 bridgehead atoms. The number of hydrogen-bond donors (Lipinski definition) is 2. The maximum absolute atomic E-state index is 9.92. The van der Waals surface area contributed by atoms with E-state index in [1.54, 1.807) is 24.3 Å². The van der Waals surface area contributed by atoms with E-state index in [4.69, 9.17) is 4.74 Å². The monoisotopic (exact) mass is 342 g/mol. The highest BCUT2D eigenvalue weighted by Gasteiger charge is 2.16. The Labute approximate surface area is 151 Å². The minimum absolute atomic E-state index is 0.207. The molecular weight excluding hydrogens is 324 g/mol. The summed E-state index contributed by atoms with van der Waals surface area (Å²) in [6.07, 6.45) is 0. The third-order valence-electron chi connectivity index (χ3n) is 4.37. The van der Waals surface area contributed by atoms with E-state index >= 15 is 0 Å². The summed E-state index contributed by atoms with van der Waals surface area (Å²) in [7, 11) is 0. The fraction of sp³-hybridized carbons (Fsp3) is 0.0435. The summed E-state index contributed by atoms with van der Waals surface area (Å²) in [4.78, 5) is 0. The summed E-state index contributed by atoms with van der Waals surface area (Å²) in [5, 5.41) is 21.6. The molecule has 0 saturated heterocycles. The second kappa shape index (κ2) is 6.45. The van der Waals surface area contributed by atoms with Crippen molar-refractivity contribution in [3.05, 3.63) is 84.4 Å². The number of rotatable bonds is 3. The number of fused-ring (bicyclic) bond motifs is 1. The van der Waals surface area contributed by atoms with E-state index in [-0.39, 0.29) is 11.5 Å². The molecular formula is C23H18O3. The Morgan fingerprint density at radius 3 is 2.27 bits per heavy atom. The number of ether oxygens (including phenoxy) is 1. The topological polar surface area (TPSA) is 49.7 Å². The lowest BCUT2D eigenvalue weighted by Gasteiger charge is -2.17. The van der Waals surface area contributed by atoms with Crippen LogP contribution in [0, 0.1) is 6.92 Å². The molecule has 3 heteroatoms. The summed E-state index contributed by atoms with van der Waals surface area (Å²) >= 11 is 0. The molecule has 0 amide bonds. The van der Waals surface area contributed by atoms with Crippen LogP contribution in [0.15, 0.2) is 78.9 Å². The van der Waals surface area contributed by atoms with Crippen molar-refractivity contribution < 1.29 is 14.9 Å². The van der Waals surface area contributed by atoms with E-state index in [0.29, 0.717) is 5.75 Å². The van der Waals surface area contributed by atoms with E-state index < -0.39 is 0 Å². The van der Waals surface area contributed by atoms with Crippen LogP contribution in [0.5, 0.6) is 23.0 Å². The number of aromatic hydroxyl groups is 2. The van der Waals surface area contributed by atoms with Crippen LogP contribution < -0.4 is 4.74 Å². The summed E-state index contributed by atoms with van der Waals surface area (Å²) in [6, 6.07) is 24.0. The molecule has 128 valence electrons. The average molecular weight is 342 g/mol. The summed E-state index contributed by atoms with van der Waals surface area (Å²) < 4.78 is 6.27. The van der Waals surface area contributed by atoms with Crippen molar-refractivity contribution in [2.45, 2.75) is 6.92 Å². The number of benzene rings is 4. The Morgan fingerprint density at radius 2 is 1.50 bits per heavy atom. The van der Waals surface area contributed by atoms with Crippen LogP contribution in [0.25, 0.3) is 21.9 Å². The third kappa shape index (κ3) is 2.95. The van der Waals surface area contributed by atoms with Gasteiger partial charge in [-0.1, -0.05) is 36.4 Å². The number of para-hydroxylation sites is 1. The Balaban J connectivity index is 2.01. The van der Waals surface area contributed by atoms with Crippen LogP contribution in [-0.2, 0) is 0 Å². The normalized spacial score (nSPS) is 10.8. The SMILES string of the molecule is Cc1cc2cc(O)ccc2c(Oc2ccccc2)c1-c1cccc(O)c1. The van der Waals surface area contributed by atoms with Crippen LogP contribution in [0.2, 0.25) is 0 Å². The molecule has 0 unspecified atom stereocenters. The number of hydrogen-bond acceptors (Lipinski definition) is 3. The summed E-state index contributed by atoms with van der Waals surface area (Å²) in [6.45, 7) is 2.00. The van der Waals surface area contributed by atoms with Gasteiger partial charge in [0.15, 0.2) is 0 Å². The van der Waals surface area contributed by atoms with Crippen molar-refractivity contribution in [3.63, 3.8) is 0 Å². The van der Waals surface area contributed by atoms with Gasteiger partial charge in [0, 0.05) is 10.9 Å². The Morgan fingerprint density at radius 1 is 0.731 bits per heavy atom. The molecule has 0 fully saturated rings. The van der Waals surface area contributed by atoms with Gasteiger partial charge < -0.3 is 14.9 Å². The zero-order valence-electron chi connectivity index (χ0n) is 14.3. The summed E-state index contributed by atoms with van der Waals surface area (Å²) in [5.74, 6) is 1.86. The first-order valence-electron chi connectivity index (χ1n) is 8.40. The van der Waals surface area contributed by atoms with Crippen LogP contribution in [-0.4, -0.2) is 10.2 Å². The minimum Gasteiger partial charge on any atom is -0.508 e. The van der Waals surface area contributed by atoms with Crippen molar-refractivity contribution in [2.24, 2.45) is 0 Å². The van der Waals surface area contributed by atoms with Gasteiger partial charge in [0.1, 0.15) is 23.0 Å². The highest BCUT2D eigenvalue weighted by atomic mass is 16.5. The molecule has 0 aliphatic carbocycles. The lowest BCUT2D eigenvalue weighted by molar-refractivity contribution is 0.475. The lowest BCUT2D eigenvalue weighted by Crippen LogP contribution is -1.93. The highest BCUT2D eigenvalue weighted by Crippen LogP contribution is 2.43. The Bertz CT molecular complexity index is 1090. The van der Waals surface area contributed by atoms with Gasteiger partial charge in [0.2, 0.25) is 0 Å². The third-order valence-corrected chi connectivity index (χ3v) is 4.37. The molecule has 26 heavy (non-hydrogen) atoms. The van der Waals surface area contributed by atoms with Crippen molar-refractivity contribution in [2.75, 3.05) is 0 Å². The van der Waals surface area contributed by atoms with Gasteiger partial charge >= 0.3 is 0 Å². The zero-order chi connectivity index (χ0) is 18.1. The van der Waals surface area contributed by atoms with E-state index in [9.17, 15) is 10.2 Å². The second-order valence-electron chi connectivity index (χ2n) is 6.27. The molecule has 0 atom stereocenters. The molecule has 4 aromatic rings. The van der Waals surface area contributed by atoms with Gasteiger partial charge in [-0.2, -0.15) is 0 Å². The molecule has 0 radical (unpaired) electrons. The number of aryl methyl sites for hydroxylation is 1. The minimum atomic E-state index is 0.207. The average Bonchev–Trinajstić information content (AvgIpc) is 2.62. The Hall–Kier alpha value is -3.46. The first kappa shape index (κ1) is 16.0. The van der Waals surface area contributed by atoms with Gasteiger partial charge in [0.25, 0.3) is 0 Å². The van der Waals surface area contributed by atoms with Gasteiger partial charge in [-0.15, -0.1) is 0 Å². The van der Waals surface area contributed by atoms with Crippen LogP contribution in [0.1, 0.15) is 5.56 Å². The summed E-state index contributed by atoms with van der Waals surface area (Å²) in [5.41, 5.74) is 2.80. The van der Waals surface area contributed by atoms with Crippen molar-refractivity contribution in [3.8, 4) is 34.1 Å². The van der Waals surface area contributed by atoms with Crippen LogP contribution in [0.4, 0.5) is 0 Å². The maximum atomic E-state index is 9.92. The van der Waals surface area contributed by atoms with Crippen molar-refractivity contribution >= 4 is 10.8 Å². The smallest absolute Gasteiger partial charge is 0.143 e. The second-order valence-corrected chi connectivity index (χ2v) is 6.27.